The van der Waals surface area contributed by atoms with E-state index in [9.17, 15) is 4.79 Å². The van der Waals surface area contributed by atoms with Crippen molar-refractivity contribution in [2.75, 3.05) is 18.4 Å². The molecular formula is C20H26ClN5O. The molecule has 27 heavy (non-hydrogen) atoms. The van der Waals surface area contributed by atoms with E-state index in [4.69, 9.17) is 11.6 Å². The highest BCUT2D eigenvalue weighted by Crippen LogP contribution is 2.39. The zero-order valence-electron chi connectivity index (χ0n) is 15.9. The number of hydrogen-bond donors (Lipinski definition) is 2. The Hall–Kier alpha value is -1.92. The van der Waals surface area contributed by atoms with Crippen LogP contribution in [0.5, 0.6) is 0 Å². The molecule has 4 rings (SSSR count). The summed E-state index contributed by atoms with van der Waals surface area (Å²) in [4.78, 5) is 16.6. The Morgan fingerprint density at radius 2 is 2.26 bits per heavy atom. The van der Waals surface area contributed by atoms with Crippen molar-refractivity contribution in [3.63, 3.8) is 0 Å². The largest absolute Gasteiger partial charge is 0.316 e. The van der Waals surface area contributed by atoms with Gasteiger partial charge < -0.3 is 10.6 Å². The first kappa shape index (κ1) is 18.4. The van der Waals surface area contributed by atoms with Crippen LogP contribution in [0, 0.1) is 11.3 Å². The van der Waals surface area contributed by atoms with Crippen LogP contribution >= 0.6 is 11.6 Å². The van der Waals surface area contributed by atoms with Gasteiger partial charge in [0.05, 0.1) is 11.2 Å². The lowest BCUT2D eigenvalue weighted by atomic mass is 9.89. The van der Waals surface area contributed by atoms with Gasteiger partial charge >= 0.3 is 0 Å². The Morgan fingerprint density at radius 1 is 1.41 bits per heavy atom. The second kappa shape index (κ2) is 7.24. The van der Waals surface area contributed by atoms with Crippen LogP contribution in [-0.4, -0.2) is 33.8 Å². The van der Waals surface area contributed by atoms with Crippen LogP contribution in [0.2, 0.25) is 5.02 Å². The molecule has 1 atom stereocenters. The number of nitrogens with one attached hydrogen (secondary N) is 2. The van der Waals surface area contributed by atoms with Crippen molar-refractivity contribution in [2.45, 2.75) is 46.1 Å². The van der Waals surface area contributed by atoms with E-state index < -0.39 is 0 Å². The molecule has 2 N–H and O–H groups in total. The number of halogens is 1. The molecular weight excluding hydrogens is 362 g/mol. The van der Waals surface area contributed by atoms with Gasteiger partial charge in [-0.25, -0.2) is 4.98 Å². The molecule has 2 aliphatic rings. The number of hydrogen-bond acceptors (Lipinski definition) is 4. The number of rotatable bonds is 5. The molecule has 1 fully saturated rings. The van der Waals surface area contributed by atoms with E-state index >= 15 is 0 Å². The van der Waals surface area contributed by atoms with E-state index in [-0.39, 0.29) is 11.3 Å². The molecule has 0 bridgehead atoms. The maximum atomic E-state index is 12.3. The predicted molar refractivity (Wildman–Crippen MR) is 107 cm³/mol. The highest BCUT2D eigenvalue weighted by Gasteiger charge is 2.32. The number of carbonyl (C=O) groups is 1. The number of aromatic nitrogens is 3. The van der Waals surface area contributed by atoms with Gasteiger partial charge in [-0.1, -0.05) is 25.4 Å². The van der Waals surface area contributed by atoms with Gasteiger partial charge in [0.2, 0.25) is 5.91 Å². The first-order valence-corrected chi connectivity index (χ1v) is 10.0. The fraction of sp³-hybridized carbons (Fsp3) is 0.550. The Labute approximate surface area is 164 Å². The van der Waals surface area contributed by atoms with Gasteiger partial charge in [0.1, 0.15) is 5.82 Å². The van der Waals surface area contributed by atoms with Crippen molar-refractivity contribution in [3.8, 4) is 11.1 Å². The molecule has 6 nitrogen and oxygen atoms in total. The van der Waals surface area contributed by atoms with Gasteiger partial charge in [-0.3, -0.25) is 9.48 Å². The molecule has 0 radical (unpaired) electrons. The maximum absolute atomic E-state index is 12.3. The highest BCUT2D eigenvalue weighted by atomic mass is 35.5. The summed E-state index contributed by atoms with van der Waals surface area (Å²) in [6, 6.07) is 1.86. The molecule has 144 valence electrons. The van der Waals surface area contributed by atoms with Crippen molar-refractivity contribution in [3.05, 3.63) is 29.2 Å². The zero-order valence-corrected chi connectivity index (χ0v) is 16.6. The predicted octanol–water partition coefficient (Wildman–Crippen LogP) is 3.51. The van der Waals surface area contributed by atoms with E-state index in [1.165, 1.54) is 5.69 Å². The number of pyridine rings is 1. The number of nitrogens with zero attached hydrogens (tertiary/aromatic N) is 3. The van der Waals surface area contributed by atoms with E-state index in [1.54, 1.807) is 6.20 Å². The van der Waals surface area contributed by atoms with E-state index in [0.29, 0.717) is 23.2 Å². The summed E-state index contributed by atoms with van der Waals surface area (Å²) in [6.07, 6.45) is 7.01. The van der Waals surface area contributed by atoms with E-state index in [0.717, 1.165) is 50.0 Å². The molecule has 0 spiro atoms. The minimum Gasteiger partial charge on any atom is -0.316 e. The Kier molecular flexibility index (Phi) is 4.95. The van der Waals surface area contributed by atoms with Crippen LogP contribution in [0.4, 0.5) is 5.82 Å². The fourth-order valence-corrected chi connectivity index (χ4v) is 4.29. The van der Waals surface area contributed by atoms with Crippen LogP contribution < -0.4 is 10.6 Å². The van der Waals surface area contributed by atoms with Crippen molar-refractivity contribution in [1.29, 1.82) is 0 Å². The number of carbonyl (C=O) groups excluding carboxylic acids is 1. The zero-order chi connectivity index (χ0) is 19.0. The number of anilines is 1. The first-order chi connectivity index (χ1) is 12.9. The minimum absolute atomic E-state index is 0.00374. The number of amides is 1. The summed E-state index contributed by atoms with van der Waals surface area (Å²) >= 11 is 6.43. The van der Waals surface area contributed by atoms with Crippen LogP contribution in [0.15, 0.2) is 18.5 Å². The summed E-state index contributed by atoms with van der Waals surface area (Å²) in [5.74, 6) is 1.15. The van der Waals surface area contributed by atoms with Crippen LogP contribution in [0.3, 0.4) is 0 Å². The first-order valence-electron chi connectivity index (χ1n) is 9.62. The van der Waals surface area contributed by atoms with Gasteiger partial charge in [-0.15, -0.1) is 0 Å². The quantitative estimate of drug-likeness (QED) is 0.823. The average molecular weight is 388 g/mol. The summed E-state index contributed by atoms with van der Waals surface area (Å²) in [6.45, 7) is 7.46. The third kappa shape index (κ3) is 4.01. The Bertz CT molecular complexity index is 854. The fourth-order valence-electron chi connectivity index (χ4n) is 4.09. The second-order valence-corrected chi connectivity index (χ2v) is 8.91. The topological polar surface area (TPSA) is 71.8 Å². The Morgan fingerprint density at radius 3 is 3.04 bits per heavy atom. The molecule has 2 aliphatic heterocycles. The molecule has 0 aromatic carbocycles. The summed E-state index contributed by atoms with van der Waals surface area (Å²) in [5.41, 5.74) is 3.30. The van der Waals surface area contributed by atoms with Gasteiger partial charge in [0, 0.05) is 36.0 Å². The summed E-state index contributed by atoms with van der Waals surface area (Å²) in [5, 5.41) is 11.4. The molecule has 1 amide bonds. The third-order valence-corrected chi connectivity index (χ3v) is 5.83. The Balaban J connectivity index is 1.48. The molecule has 0 aliphatic carbocycles. The van der Waals surface area contributed by atoms with Crippen molar-refractivity contribution in [2.24, 2.45) is 11.3 Å². The second-order valence-electron chi connectivity index (χ2n) is 8.50. The average Bonchev–Trinajstić information content (AvgIpc) is 3.31. The third-order valence-electron chi connectivity index (χ3n) is 5.53. The van der Waals surface area contributed by atoms with Crippen molar-refractivity contribution >= 4 is 23.3 Å². The molecule has 0 saturated carbocycles. The summed E-state index contributed by atoms with van der Waals surface area (Å²) < 4.78 is 2.06. The van der Waals surface area contributed by atoms with Crippen LogP contribution in [0.1, 0.15) is 38.8 Å². The summed E-state index contributed by atoms with van der Waals surface area (Å²) in [7, 11) is 0. The van der Waals surface area contributed by atoms with Crippen LogP contribution in [0.25, 0.3) is 11.1 Å². The molecule has 2 aromatic heterocycles. The lowest BCUT2D eigenvalue weighted by Gasteiger charge is -2.14. The highest BCUT2D eigenvalue weighted by molar-refractivity contribution is 6.33. The van der Waals surface area contributed by atoms with E-state index in [1.807, 2.05) is 12.3 Å². The molecule has 2 aromatic rings. The van der Waals surface area contributed by atoms with Crippen LogP contribution in [-0.2, 0) is 17.8 Å². The van der Waals surface area contributed by atoms with Crippen molar-refractivity contribution in [1.82, 2.24) is 20.1 Å². The van der Waals surface area contributed by atoms with Gasteiger partial charge in [0.25, 0.3) is 0 Å². The standard InChI is InChI=1S/C20H26ClN5O/c1-20(2)8-17-15(10-24-26(17)12-20)14-7-18(23-11-16(14)21)25-19(27)4-3-13-5-6-22-9-13/h7,10-11,13,22H,3-6,8-9,12H2,1-2H3,(H,23,25,27)/t13-/m1/s1. The van der Waals surface area contributed by atoms with Crippen molar-refractivity contribution < 1.29 is 4.79 Å². The lowest BCUT2D eigenvalue weighted by Crippen LogP contribution is -2.15. The molecule has 1 saturated heterocycles. The van der Waals surface area contributed by atoms with E-state index in [2.05, 4.69) is 39.2 Å². The molecule has 0 unspecified atom stereocenters. The van der Waals surface area contributed by atoms with Gasteiger partial charge in [0.15, 0.2) is 0 Å². The lowest BCUT2D eigenvalue weighted by molar-refractivity contribution is -0.116. The van der Waals surface area contributed by atoms with Gasteiger partial charge in [-0.2, -0.15) is 5.10 Å². The monoisotopic (exact) mass is 387 g/mol. The number of fused-ring (bicyclic) bond motifs is 1. The molecule has 4 heterocycles. The van der Waals surface area contributed by atoms with Gasteiger partial charge in [-0.05, 0) is 49.8 Å². The smallest absolute Gasteiger partial charge is 0.225 e. The molecule has 7 heteroatoms. The maximum Gasteiger partial charge on any atom is 0.225 e. The normalized spacial score (nSPS) is 20.6. The SMILES string of the molecule is CC1(C)Cc2c(-c3cc(NC(=O)CC[C@@H]4CCNC4)ncc3Cl)cnn2C1. The minimum atomic E-state index is 0.00374.